The van der Waals surface area contributed by atoms with Gasteiger partial charge in [0.05, 0.1) is 13.2 Å². The van der Waals surface area contributed by atoms with Gasteiger partial charge in [0.2, 0.25) is 0 Å². The molecule has 0 radical (unpaired) electrons. The van der Waals surface area contributed by atoms with Crippen LogP contribution in [0.25, 0.3) is 0 Å². The Balaban J connectivity index is 2.59. The Hall–Kier alpha value is -0.160. The van der Waals surface area contributed by atoms with E-state index in [0.29, 0.717) is 13.2 Å². The zero-order chi connectivity index (χ0) is 15.8. The average Bonchev–Trinajstić information content (AvgIpc) is 2.44. The van der Waals surface area contributed by atoms with Crippen molar-refractivity contribution in [2.45, 2.75) is 91.3 Å². The highest BCUT2D eigenvalue weighted by Gasteiger charge is 2.53. The molecule has 1 fully saturated rings. The van der Waals surface area contributed by atoms with Crippen LogP contribution in [0.15, 0.2) is 0 Å². The van der Waals surface area contributed by atoms with E-state index in [1.54, 1.807) is 0 Å². The Morgan fingerprint density at radius 2 is 1.57 bits per heavy atom. The first-order valence-corrected chi connectivity index (χ1v) is 8.57. The molecule has 0 N–H and O–H groups in total. The first kappa shape index (κ1) is 18.9. The van der Waals surface area contributed by atoms with E-state index >= 15 is 0 Å². The number of hydrogen-bond donors (Lipinski definition) is 0. The highest BCUT2D eigenvalue weighted by atomic mass is 17.2. The van der Waals surface area contributed by atoms with E-state index < -0.39 is 5.60 Å². The number of hydrogen-bond acceptors (Lipinski definition) is 4. The number of rotatable bonds is 10. The molecule has 0 bridgehead atoms. The standard InChI is InChI=1S/C17H34O4/c1-6-8-13-18-20-15-11-10-12-16(3,4)17(15,5)21-19-14-9-7-2/h15H,6-14H2,1-5H3. The summed E-state index contributed by atoms with van der Waals surface area (Å²) in [7, 11) is 0. The molecule has 126 valence electrons. The van der Waals surface area contributed by atoms with Crippen molar-refractivity contribution in [1.29, 1.82) is 0 Å². The first-order valence-electron chi connectivity index (χ1n) is 8.57. The molecule has 0 aromatic carbocycles. The molecule has 0 aliphatic heterocycles. The van der Waals surface area contributed by atoms with Crippen LogP contribution in [0.2, 0.25) is 0 Å². The van der Waals surface area contributed by atoms with Crippen LogP contribution in [0.3, 0.4) is 0 Å². The van der Waals surface area contributed by atoms with Crippen LogP contribution >= 0.6 is 0 Å². The summed E-state index contributed by atoms with van der Waals surface area (Å²) in [5.41, 5.74) is -0.485. The topological polar surface area (TPSA) is 36.9 Å². The molecule has 0 heterocycles. The van der Waals surface area contributed by atoms with E-state index in [0.717, 1.165) is 44.9 Å². The van der Waals surface area contributed by atoms with E-state index in [4.69, 9.17) is 19.6 Å². The Morgan fingerprint density at radius 3 is 2.19 bits per heavy atom. The molecule has 0 amide bonds. The van der Waals surface area contributed by atoms with Gasteiger partial charge in [-0.3, -0.25) is 0 Å². The lowest BCUT2D eigenvalue weighted by Gasteiger charge is -2.49. The summed E-state index contributed by atoms with van der Waals surface area (Å²) in [5.74, 6) is 0. The fourth-order valence-electron chi connectivity index (χ4n) is 2.70. The third-order valence-electron chi connectivity index (χ3n) is 4.80. The van der Waals surface area contributed by atoms with Crippen molar-refractivity contribution in [1.82, 2.24) is 0 Å². The van der Waals surface area contributed by atoms with Gasteiger partial charge in [0.25, 0.3) is 0 Å². The minimum atomic E-state index is -0.481. The quantitative estimate of drug-likeness (QED) is 0.329. The molecule has 1 saturated carbocycles. The van der Waals surface area contributed by atoms with Gasteiger partial charge in [-0.15, -0.1) is 0 Å². The first-order chi connectivity index (χ1) is 9.98. The molecule has 21 heavy (non-hydrogen) atoms. The molecule has 4 nitrogen and oxygen atoms in total. The molecule has 1 rings (SSSR count). The van der Waals surface area contributed by atoms with Gasteiger partial charge in [-0.25, -0.2) is 19.6 Å². The largest absolute Gasteiger partial charge is 0.236 e. The molecular formula is C17H34O4. The molecule has 4 heteroatoms. The van der Waals surface area contributed by atoms with Gasteiger partial charge in [0.1, 0.15) is 11.7 Å². The minimum Gasteiger partial charge on any atom is -0.236 e. The van der Waals surface area contributed by atoms with E-state index in [1.807, 2.05) is 0 Å². The molecule has 0 aromatic rings. The second-order valence-corrected chi connectivity index (χ2v) is 6.90. The molecule has 0 saturated heterocycles. The summed E-state index contributed by atoms with van der Waals surface area (Å²) in [6.45, 7) is 12.1. The smallest absolute Gasteiger partial charge is 0.135 e. The molecular weight excluding hydrogens is 268 g/mol. The molecule has 1 aliphatic carbocycles. The Morgan fingerprint density at radius 1 is 0.952 bits per heavy atom. The van der Waals surface area contributed by atoms with E-state index in [2.05, 4.69) is 34.6 Å². The van der Waals surface area contributed by atoms with Crippen LogP contribution in [0.5, 0.6) is 0 Å². The van der Waals surface area contributed by atoms with Gasteiger partial charge in [-0.1, -0.05) is 40.5 Å². The summed E-state index contributed by atoms with van der Waals surface area (Å²) in [6.07, 6.45) is 7.33. The van der Waals surface area contributed by atoms with Crippen LogP contribution < -0.4 is 0 Å². The molecule has 2 atom stereocenters. The maximum absolute atomic E-state index is 5.85. The van der Waals surface area contributed by atoms with Crippen LogP contribution in [0.1, 0.15) is 79.6 Å². The van der Waals surface area contributed by atoms with Crippen LogP contribution in [0, 0.1) is 5.41 Å². The monoisotopic (exact) mass is 302 g/mol. The van der Waals surface area contributed by atoms with E-state index in [9.17, 15) is 0 Å². The van der Waals surface area contributed by atoms with Gasteiger partial charge < -0.3 is 0 Å². The third kappa shape index (κ3) is 5.20. The maximum Gasteiger partial charge on any atom is 0.135 e. The highest BCUT2D eigenvalue weighted by molar-refractivity contribution is 5.00. The van der Waals surface area contributed by atoms with Gasteiger partial charge in [0, 0.05) is 0 Å². The fraction of sp³-hybridized carbons (Fsp3) is 1.00. The second-order valence-electron chi connectivity index (χ2n) is 6.90. The third-order valence-corrected chi connectivity index (χ3v) is 4.80. The van der Waals surface area contributed by atoms with Crippen molar-refractivity contribution >= 4 is 0 Å². The van der Waals surface area contributed by atoms with Crippen LogP contribution in [-0.2, 0) is 19.6 Å². The van der Waals surface area contributed by atoms with E-state index in [-0.39, 0.29) is 11.5 Å². The predicted octanol–water partition coefficient (Wildman–Crippen LogP) is 4.82. The van der Waals surface area contributed by atoms with Crippen molar-refractivity contribution in [3.63, 3.8) is 0 Å². The van der Waals surface area contributed by atoms with Crippen molar-refractivity contribution in [3.8, 4) is 0 Å². The van der Waals surface area contributed by atoms with Gasteiger partial charge >= 0.3 is 0 Å². The molecule has 1 aliphatic rings. The summed E-state index contributed by atoms with van der Waals surface area (Å²) in [5, 5.41) is 0. The fourth-order valence-corrected chi connectivity index (χ4v) is 2.70. The Bertz CT molecular complexity index is 280. The maximum atomic E-state index is 5.85. The molecule has 0 aromatic heterocycles. The van der Waals surface area contributed by atoms with Gasteiger partial charge in [-0.05, 0) is 44.4 Å². The van der Waals surface area contributed by atoms with Crippen LogP contribution in [-0.4, -0.2) is 24.9 Å². The zero-order valence-electron chi connectivity index (χ0n) is 14.6. The lowest BCUT2D eigenvalue weighted by molar-refractivity contribution is -0.444. The Kier molecular flexibility index (Phi) is 8.17. The van der Waals surface area contributed by atoms with Gasteiger partial charge in [0.15, 0.2) is 0 Å². The SMILES string of the molecule is CCCCOOC1CCCC(C)(C)C1(C)OOCCCC. The predicted molar refractivity (Wildman–Crippen MR) is 83.7 cm³/mol. The second kappa shape index (κ2) is 9.09. The normalized spacial score (nSPS) is 28.7. The Labute approximate surface area is 130 Å². The zero-order valence-corrected chi connectivity index (χ0v) is 14.6. The average molecular weight is 302 g/mol. The molecule has 2 unspecified atom stereocenters. The lowest BCUT2D eigenvalue weighted by atomic mass is 9.65. The van der Waals surface area contributed by atoms with Gasteiger partial charge in [-0.2, -0.15) is 0 Å². The highest BCUT2D eigenvalue weighted by Crippen LogP contribution is 2.47. The van der Waals surface area contributed by atoms with E-state index in [1.165, 1.54) is 0 Å². The lowest BCUT2D eigenvalue weighted by Crippen LogP contribution is -2.57. The summed E-state index contributed by atoms with van der Waals surface area (Å²) in [4.78, 5) is 22.4. The summed E-state index contributed by atoms with van der Waals surface area (Å²) in [6, 6.07) is 0. The summed E-state index contributed by atoms with van der Waals surface area (Å²) >= 11 is 0. The van der Waals surface area contributed by atoms with Crippen molar-refractivity contribution in [3.05, 3.63) is 0 Å². The van der Waals surface area contributed by atoms with Crippen LogP contribution in [0.4, 0.5) is 0 Å². The number of unbranched alkanes of at least 4 members (excludes halogenated alkanes) is 2. The van der Waals surface area contributed by atoms with Crippen molar-refractivity contribution in [2.75, 3.05) is 13.2 Å². The summed E-state index contributed by atoms with van der Waals surface area (Å²) < 4.78 is 0. The molecule has 0 spiro atoms. The minimum absolute atomic E-state index is 0.00372. The van der Waals surface area contributed by atoms with Crippen molar-refractivity contribution in [2.24, 2.45) is 5.41 Å². The van der Waals surface area contributed by atoms with Crippen molar-refractivity contribution < 1.29 is 19.6 Å².